The van der Waals surface area contributed by atoms with Gasteiger partial charge in [-0.25, -0.2) is 11.1 Å². The normalized spacial score (nSPS) is 9.14. The van der Waals surface area contributed by atoms with Crippen molar-refractivity contribution >= 4 is 10.4 Å². The summed E-state index contributed by atoms with van der Waals surface area (Å²) in [6.07, 6.45) is 0. The van der Waals surface area contributed by atoms with E-state index >= 15 is 0 Å². The van der Waals surface area contributed by atoms with Crippen LogP contribution in [0.25, 0.3) is 0 Å². The summed E-state index contributed by atoms with van der Waals surface area (Å²) < 4.78 is 34.1. The highest BCUT2D eigenvalue weighted by Crippen LogP contribution is 1.57. The van der Waals surface area contributed by atoms with Crippen molar-refractivity contribution in [1.29, 1.82) is 0 Å². The maximum absolute atomic E-state index is 8.52. The minimum absolute atomic E-state index is 2.25. The fourth-order valence-corrected chi connectivity index (χ4v) is 0. The first-order valence-electron chi connectivity index (χ1n) is 0.983. The molecule has 0 aromatic heterocycles. The highest BCUT2D eigenvalue weighted by atomic mass is 32.3. The molecule has 0 saturated heterocycles. The zero-order chi connectivity index (χ0) is 6.50. The summed E-state index contributed by atoms with van der Waals surface area (Å²) in [5, 5.41) is 6.75. The second-order valence-corrected chi connectivity index (χ2v) is 1.22. The Morgan fingerprint density at radius 2 is 1.29 bits per heavy atom. The molecule has 0 aliphatic rings. The molecule has 0 aliphatic carbocycles. The lowest BCUT2D eigenvalue weighted by atomic mass is 13.6. The van der Waals surface area contributed by atoms with Gasteiger partial charge in [0.05, 0.1) is 0 Å². The summed E-state index contributed by atoms with van der Waals surface area (Å²) >= 11 is 0. The highest BCUT2D eigenvalue weighted by molar-refractivity contribution is 7.79. The molecule has 7 heteroatoms. The second kappa shape index (κ2) is 3.96. The summed E-state index contributed by atoms with van der Waals surface area (Å²) in [5.74, 6) is 2.25. The van der Waals surface area contributed by atoms with E-state index in [-0.39, 0.29) is 0 Å². The van der Waals surface area contributed by atoms with Gasteiger partial charge in [0, 0.05) is 10.4 Å². The molecule has 0 spiro atoms. The van der Waals surface area contributed by atoms with Gasteiger partial charge in [0.1, 0.15) is 0 Å². The first kappa shape index (κ1) is 9.92. The van der Waals surface area contributed by atoms with Crippen molar-refractivity contribution in [2.24, 2.45) is 0 Å². The van der Waals surface area contributed by atoms with E-state index in [4.69, 9.17) is 22.7 Å². The quantitative estimate of drug-likeness (QED) is 0.209. The zero-order valence-corrected chi connectivity index (χ0v) is 4.01. The summed E-state index contributed by atoms with van der Waals surface area (Å²) in [4.78, 5) is 0. The van der Waals surface area contributed by atoms with Gasteiger partial charge in [-0.05, 0) is 0 Å². The van der Waals surface area contributed by atoms with E-state index in [1.54, 1.807) is 0 Å². The van der Waals surface area contributed by atoms with Crippen LogP contribution in [-0.2, 0) is 10.4 Å². The Morgan fingerprint density at radius 3 is 1.29 bits per heavy atom. The van der Waals surface area contributed by atoms with Crippen molar-refractivity contribution in [3.8, 4) is 0 Å². The topological polar surface area (TPSA) is 128 Å². The van der Waals surface area contributed by atoms with Gasteiger partial charge < -0.3 is 9.11 Å². The fraction of sp³-hybridized carbons (Fsp3) is 0. The Morgan fingerprint density at radius 1 is 1.29 bits per heavy atom. The molecule has 0 rings (SSSR count). The molecule has 6 nitrogen and oxygen atoms in total. The molecule has 0 atom stereocenters. The predicted octanol–water partition coefficient (Wildman–Crippen LogP) is -2.72. The van der Waals surface area contributed by atoms with Gasteiger partial charge in [-0.3, -0.25) is 8.42 Å². The van der Waals surface area contributed by atoms with Crippen LogP contribution in [0.5, 0.6) is 0 Å². The summed E-state index contributed by atoms with van der Waals surface area (Å²) in [6.45, 7) is 0. The lowest BCUT2D eigenvalue weighted by molar-refractivity contribution is -0.670. The van der Waals surface area contributed by atoms with E-state index in [0.717, 1.165) is 0 Å². The lowest BCUT2D eigenvalue weighted by Gasteiger charge is -2.06. The molecule has 4 N–H and O–H groups in total. The van der Waals surface area contributed by atoms with Crippen LogP contribution in [0.1, 0.15) is 0 Å². The van der Waals surface area contributed by atoms with Gasteiger partial charge >= 0.3 is 0 Å². The average Bonchev–Trinajstić information content (AvgIpc) is 1.36. The lowest BCUT2D eigenvalue weighted by Crippen LogP contribution is -2.42. The predicted molar refractivity (Wildman–Crippen MR) is 15.1 cm³/mol. The molecule has 0 bridgehead atoms. The van der Waals surface area contributed by atoms with Gasteiger partial charge in [-0.1, -0.05) is 0 Å². The molecular formula is H4NO5S-. The summed E-state index contributed by atoms with van der Waals surface area (Å²) in [7, 11) is -5.17. The van der Waals surface area contributed by atoms with Crippen LogP contribution in [0.4, 0.5) is 0 Å². The average molecular weight is 130 g/mol. The maximum Gasteiger partial charge on any atom is 0.0311 e. The molecule has 46 valence electrons. The van der Waals surface area contributed by atoms with Crippen LogP contribution < -0.4 is 5.90 Å². The Kier molecular flexibility index (Phi) is 5.62. The van der Waals surface area contributed by atoms with Crippen molar-refractivity contribution < 1.29 is 28.6 Å². The van der Waals surface area contributed by atoms with Crippen molar-refractivity contribution in [3.63, 3.8) is 0 Å². The van der Waals surface area contributed by atoms with Gasteiger partial charge in [0.25, 0.3) is 0 Å². The fourth-order valence-electron chi connectivity index (χ4n) is 0. The molecule has 0 aromatic rings. The molecule has 0 radical (unpaired) electrons. The highest BCUT2D eigenvalue weighted by Gasteiger charge is 1.49. The van der Waals surface area contributed by atoms with Gasteiger partial charge in [-0.15, -0.1) is 0 Å². The third-order valence-electron chi connectivity index (χ3n) is 0. The van der Waals surface area contributed by atoms with Crippen LogP contribution in [0.3, 0.4) is 0 Å². The van der Waals surface area contributed by atoms with Crippen molar-refractivity contribution in [2.75, 3.05) is 0 Å². The molecule has 0 aromatic carbocycles. The van der Waals surface area contributed by atoms with Gasteiger partial charge in [0.15, 0.2) is 0 Å². The SMILES string of the molecule is O=S(=O)([O-])[O-].[NH3+]O. The Labute approximate surface area is 40.1 Å². The van der Waals surface area contributed by atoms with Crippen LogP contribution >= 0.6 is 0 Å². The van der Waals surface area contributed by atoms with Crippen molar-refractivity contribution in [2.45, 2.75) is 0 Å². The van der Waals surface area contributed by atoms with E-state index in [1.165, 1.54) is 0 Å². The molecule has 0 unspecified atom stereocenters. The largest absolute Gasteiger partial charge is 0.759 e. The number of quaternary nitrogens is 1. The third kappa shape index (κ3) is 1890. The van der Waals surface area contributed by atoms with Gasteiger partial charge in [0.2, 0.25) is 0 Å². The summed E-state index contributed by atoms with van der Waals surface area (Å²) in [5.41, 5.74) is 0. The Bertz CT molecular complexity index is 91.2. The minimum atomic E-state index is -5.17. The molecule has 0 amide bonds. The van der Waals surface area contributed by atoms with E-state index in [1.807, 2.05) is 0 Å². The van der Waals surface area contributed by atoms with Crippen LogP contribution in [-0.4, -0.2) is 22.7 Å². The summed E-state index contributed by atoms with van der Waals surface area (Å²) in [6, 6.07) is 0. The Balaban J connectivity index is 0. The second-order valence-electron chi connectivity index (χ2n) is 0.408. The first-order chi connectivity index (χ1) is 3.00. The smallest absolute Gasteiger partial charge is 0.0311 e. The van der Waals surface area contributed by atoms with Crippen LogP contribution in [0.15, 0.2) is 0 Å². The van der Waals surface area contributed by atoms with Crippen molar-refractivity contribution in [1.82, 2.24) is 0 Å². The van der Waals surface area contributed by atoms with E-state index in [2.05, 4.69) is 5.90 Å². The first-order valence-corrected chi connectivity index (χ1v) is 2.32. The van der Waals surface area contributed by atoms with Crippen LogP contribution in [0, 0.1) is 0 Å². The zero-order valence-electron chi connectivity index (χ0n) is 3.20. The van der Waals surface area contributed by atoms with Crippen LogP contribution in [0.2, 0.25) is 0 Å². The monoisotopic (exact) mass is 130 g/mol. The molecule has 7 heavy (non-hydrogen) atoms. The van der Waals surface area contributed by atoms with Gasteiger partial charge in [-0.2, -0.15) is 0 Å². The molecule has 0 saturated carbocycles. The molecule has 0 aliphatic heterocycles. The number of hydrogen-bond donors (Lipinski definition) is 2. The third-order valence-corrected chi connectivity index (χ3v) is 0. The number of hydrogen-bond acceptors (Lipinski definition) is 5. The number of rotatable bonds is 0. The molecule has 0 heterocycles. The minimum Gasteiger partial charge on any atom is -0.759 e. The van der Waals surface area contributed by atoms with E-state index in [9.17, 15) is 0 Å². The van der Waals surface area contributed by atoms with E-state index < -0.39 is 10.4 Å². The molecular weight excluding hydrogens is 126 g/mol. The Hall–Kier alpha value is -0.210. The maximum atomic E-state index is 8.52. The van der Waals surface area contributed by atoms with Crippen molar-refractivity contribution in [3.05, 3.63) is 0 Å². The molecule has 0 fully saturated rings. The standard InChI is InChI=1S/H4NO.H2O4S/c1-2;1-5(2,3)4/h2H,1H3;(H2,1,2,3,4)/q+1;/p-2. The van der Waals surface area contributed by atoms with E-state index in [0.29, 0.717) is 0 Å².